The minimum Gasteiger partial charge on any atom is -0.384 e. The van der Waals surface area contributed by atoms with Crippen LogP contribution in [-0.4, -0.2) is 23.9 Å². The van der Waals surface area contributed by atoms with Gasteiger partial charge in [-0.25, -0.2) is 4.98 Å². The molecule has 0 saturated carbocycles. The van der Waals surface area contributed by atoms with Crippen LogP contribution in [-0.2, 0) is 11.2 Å². The Bertz CT molecular complexity index is 386. The van der Waals surface area contributed by atoms with Crippen molar-refractivity contribution < 1.29 is 4.79 Å². The third-order valence-corrected chi connectivity index (χ3v) is 3.22. The van der Waals surface area contributed by atoms with Gasteiger partial charge in [-0.1, -0.05) is 0 Å². The molecule has 1 saturated heterocycles. The Hall–Kier alpha value is -1.42. The second-order valence-corrected chi connectivity index (χ2v) is 4.70. The molecule has 1 fully saturated rings. The molecule has 0 radical (unpaired) electrons. The van der Waals surface area contributed by atoms with Crippen molar-refractivity contribution in [2.75, 3.05) is 18.8 Å². The molecule has 92 valence electrons. The average Bonchev–Trinajstić information content (AvgIpc) is 2.30. The molecule has 0 spiro atoms. The number of hydrogen-bond donors (Lipinski definition) is 2. The number of hydrogen-bond acceptors (Lipinski definition) is 4. The largest absolute Gasteiger partial charge is 0.384 e. The number of nitrogens with two attached hydrogens (primary N) is 1. The van der Waals surface area contributed by atoms with E-state index >= 15 is 0 Å². The number of carbonyl (C=O) groups is 1. The first-order valence-corrected chi connectivity index (χ1v) is 6.17. The van der Waals surface area contributed by atoms with Crippen molar-refractivity contribution in [3.63, 3.8) is 0 Å². The molecule has 4 heteroatoms. The Morgan fingerprint density at radius 2 is 2.24 bits per heavy atom. The molecule has 0 atom stereocenters. The normalized spacial score (nSPS) is 16.9. The van der Waals surface area contributed by atoms with E-state index in [2.05, 4.69) is 10.3 Å². The second kappa shape index (κ2) is 5.77. The van der Waals surface area contributed by atoms with E-state index in [1.807, 2.05) is 6.07 Å². The second-order valence-electron chi connectivity index (χ2n) is 4.70. The van der Waals surface area contributed by atoms with Gasteiger partial charge in [-0.05, 0) is 49.5 Å². The Labute approximate surface area is 102 Å². The lowest BCUT2D eigenvalue weighted by molar-refractivity contribution is -0.119. The molecule has 2 heterocycles. The van der Waals surface area contributed by atoms with E-state index in [4.69, 9.17) is 5.73 Å². The molecule has 2 rings (SSSR count). The zero-order valence-corrected chi connectivity index (χ0v) is 9.98. The number of rotatable bonds is 4. The lowest BCUT2D eigenvalue weighted by atomic mass is 9.91. The fraction of sp³-hybridized carbons (Fsp3) is 0.538. The smallest absolute Gasteiger partial charge is 0.137 e. The molecule has 1 aliphatic rings. The van der Waals surface area contributed by atoms with Crippen LogP contribution in [0.25, 0.3) is 0 Å². The van der Waals surface area contributed by atoms with E-state index in [9.17, 15) is 4.79 Å². The summed E-state index contributed by atoms with van der Waals surface area (Å²) in [4.78, 5) is 15.8. The maximum atomic E-state index is 11.9. The lowest BCUT2D eigenvalue weighted by Gasteiger charge is -2.21. The third-order valence-electron chi connectivity index (χ3n) is 3.22. The van der Waals surface area contributed by atoms with Gasteiger partial charge in [0.1, 0.15) is 11.6 Å². The van der Waals surface area contributed by atoms with Crippen LogP contribution in [0.1, 0.15) is 24.8 Å². The Kier molecular flexibility index (Phi) is 4.09. The summed E-state index contributed by atoms with van der Waals surface area (Å²) in [7, 11) is 0. The summed E-state index contributed by atoms with van der Waals surface area (Å²) in [6.45, 7) is 2.08. The number of pyridine rings is 1. The van der Waals surface area contributed by atoms with Crippen molar-refractivity contribution in [1.82, 2.24) is 10.3 Å². The summed E-state index contributed by atoms with van der Waals surface area (Å²) in [5, 5.41) is 3.31. The maximum absolute atomic E-state index is 11.9. The molecule has 3 N–H and O–H groups in total. The molecule has 4 nitrogen and oxygen atoms in total. The number of piperidine rings is 1. The van der Waals surface area contributed by atoms with Crippen molar-refractivity contribution in [3.8, 4) is 0 Å². The molecule has 0 aliphatic carbocycles. The van der Waals surface area contributed by atoms with Gasteiger partial charge in [-0.15, -0.1) is 0 Å². The number of nitrogens with one attached hydrogen (secondary N) is 1. The number of ketones is 1. The van der Waals surface area contributed by atoms with Crippen LogP contribution < -0.4 is 11.1 Å². The fourth-order valence-corrected chi connectivity index (χ4v) is 2.31. The zero-order chi connectivity index (χ0) is 12.1. The molecule has 1 aliphatic heterocycles. The molecule has 1 aromatic rings. The zero-order valence-electron chi connectivity index (χ0n) is 9.98. The van der Waals surface area contributed by atoms with Gasteiger partial charge in [0.15, 0.2) is 0 Å². The van der Waals surface area contributed by atoms with E-state index in [1.165, 1.54) is 0 Å². The molecule has 0 amide bonds. The average molecular weight is 233 g/mol. The quantitative estimate of drug-likeness (QED) is 0.819. The lowest BCUT2D eigenvalue weighted by Crippen LogP contribution is -2.29. The van der Waals surface area contributed by atoms with Crippen LogP contribution >= 0.6 is 0 Å². The van der Waals surface area contributed by atoms with Gasteiger partial charge in [0.25, 0.3) is 0 Å². The highest BCUT2D eigenvalue weighted by Gasteiger charge is 2.16. The van der Waals surface area contributed by atoms with Crippen LogP contribution in [0.4, 0.5) is 5.82 Å². The number of anilines is 1. The summed E-state index contributed by atoms with van der Waals surface area (Å²) in [5.41, 5.74) is 6.56. The Balaban J connectivity index is 1.84. The van der Waals surface area contributed by atoms with Gasteiger partial charge < -0.3 is 11.1 Å². The van der Waals surface area contributed by atoms with Gasteiger partial charge in [-0.2, -0.15) is 0 Å². The maximum Gasteiger partial charge on any atom is 0.137 e. The minimum atomic E-state index is 0.308. The molecular weight excluding hydrogens is 214 g/mol. The van der Waals surface area contributed by atoms with Crippen molar-refractivity contribution in [2.45, 2.75) is 25.7 Å². The summed E-state index contributed by atoms with van der Waals surface area (Å²) >= 11 is 0. The van der Waals surface area contributed by atoms with Crippen LogP contribution in [0, 0.1) is 5.92 Å². The molecular formula is C13H19N3O. The fourth-order valence-electron chi connectivity index (χ4n) is 2.31. The number of aromatic nitrogens is 1. The van der Waals surface area contributed by atoms with Crippen molar-refractivity contribution in [3.05, 3.63) is 23.9 Å². The Morgan fingerprint density at radius 1 is 1.47 bits per heavy atom. The van der Waals surface area contributed by atoms with Crippen LogP contribution in [0.2, 0.25) is 0 Å². The van der Waals surface area contributed by atoms with Gasteiger partial charge in [0.2, 0.25) is 0 Å². The highest BCUT2D eigenvalue weighted by Crippen LogP contribution is 2.17. The molecule has 0 unspecified atom stereocenters. The minimum absolute atomic E-state index is 0.308. The first kappa shape index (κ1) is 12.0. The van der Waals surface area contributed by atoms with Crippen LogP contribution in [0.5, 0.6) is 0 Å². The van der Waals surface area contributed by atoms with E-state index in [0.29, 0.717) is 30.4 Å². The topological polar surface area (TPSA) is 68.0 Å². The SMILES string of the molecule is Nc1cc(CC(=O)CC2CCNCC2)ccn1. The number of nitrogens with zero attached hydrogens (tertiary/aromatic N) is 1. The van der Waals surface area contributed by atoms with Crippen LogP contribution in [0.3, 0.4) is 0 Å². The van der Waals surface area contributed by atoms with E-state index in [0.717, 1.165) is 31.5 Å². The molecule has 0 aromatic carbocycles. The first-order valence-electron chi connectivity index (χ1n) is 6.17. The van der Waals surface area contributed by atoms with Crippen molar-refractivity contribution in [1.29, 1.82) is 0 Å². The summed E-state index contributed by atoms with van der Waals surface area (Å²) in [6, 6.07) is 3.64. The monoisotopic (exact) mass is 233 g/mol. The highest BCUT2D eigenvalue weighted by atomic mass is 16.1. The van der Waals surface area contributed by atoms with Gasteiger partial charge in [0.05, 0.1) is 0 Å². The molecule has 1 aromatic heterocycles. The van der Waals surface area contributed by atoms with E-state index in [1.54, 1.807) is 12.3 Å². The molecule has 17 heavy (non-hydrogen) atoms. The van der Waals surface area contributed by atoms with Crippen LogP contribution in [0.15, 0.2) is 18.3 Å². The summed E-state index contributed by atoms with van der Waals surface area (Å²) in [6.07, 6.45) is 5.07. The Morgan fingerprint density at radius 3 is 2.94 bits per heavy atom. The third kappa shape index (κ3) is 3.82. The summed E-state index contributed by atoms with van der Waals surface area (Å²) < 4.78 is 0. The number of carbonyl (C=O) groups excluding carboxylic acids is 1. The van der Waals surface area contributed by atoms with E-state index < -0.39 is 0 Å². The van der Waals surface area contributed by atoms with Gasteiger partial charge in [0, 0.05) is 19.0 Å². The standard InChI is InChI=1S/C13H19N3O/c14-13-9-11(3-6-16-13)8-12(17)7-10-1-4-15-5-2-10/h3,6,9-10,15H,1-2,4-5,7-8H2,(H2,14,16). The predicted molar refractivity (Wildman–Crippen MR) is 67.6 cm³/mol. The molecule has 0 bridgehead atoms. The highest BCUT2D eigenvalue weighted by molar-refractivity contribution is 5.81. The van der Waals surface area contributed by atoms with Gasteiger partial charge >= 0.3 is 0 Å². The van der Waals surface area contributed by atoms with Gasteiger partial charge in [-0.3, -0.25) is 4.79 Å². The number of Topliss-reactive ketones (excluding diaryl/α,β-unsaturated/α-hetero) is 1. The van der Waals surface area contributed by atoms with Crippen molar-refractivity contribution in [2.24, 2.45) is 5.92 Å². The number of nitrogen functional groups attached to an aromatic ring is 1. The van der Waals surface area contributed by atoms with E-state index in [-0.39, 0.29) is 0 Å². The van der Waals surface area contributed by atoms with Crippen molar-refractivity contribution >= 4 is 11.6 Å². The first-order chi connectivity index (χ1) is 8.24. The predicted octanol–water partition coefficient (Wildman–Crippen LogP) is 1.17. The summed E-state index contributed by atoms with van der Waals surface area (Å²) in [5.74, 6) is 1.35.